The van der Waals surface area contributed by atoms with E-state index in [1.807, 2.05) is 0 Å². The number of halogens is 6. The third kappa shape index (κ3) is 6.65. The van der Waals surface area contributed by atoms with Crippen LogP contribution in [0.2, 0.25) is 0 Å². The SMILES string of the molecule is COc1cc(C(F)(F)F)ccc1CCNC(=O)[C@@H]1CCN1c1cc(N2CCC(CO)CC2)nc(C(F)(F)F)n1. The highest BCUT2D eigenvalue weighted by molar-refractivity contribution is 5.86. The van der Waals surface area contributed by atoms with Crippen LogP contribution in [0.25, 0.3) is 0 Å². The van der Waals surface area contributed by atoms with Crippen molar-refractivity contribution in [1.82, 2.24) is 15.3 Å². The summed E-state index contributed by atoms with van der Waals surface area (Å²) in [6, 6.07) is 3.81. The van der Waals surface area contributed by atoms with Gasteiger partial charge in [-0.1, -0.05) is 6.07 Å². The highest BCUT2D eigenvalue weighted by Crippen LogP contribution is 2.35. The number of alkyl halides is 6. The molecule has 0 spiro atoms. The third-order valence-corrected chi connectivity index (χ3v) is 7.07. The van der Waals surface area contributed by atoms with Crippen LogP contribution in [0, 0.1) is 5.92 Å². The van der Waals surface area contributed by atoms with Crippen molar-refractivity contribution in [2.45, 2.75) is 44.1 Å². The summed E-state index contributed by atoms with van der Waals surface area (Å²) in [6.45, 7) is 1.32. The minimum atomic E-state index is -4.78. The van der Waals surface area contributed by atoms with Gasteiger partial charge in [0.05, 0.1) is 12.7 Å². The van der Waals surface area contributed by atoms with Crippen LogP contribution < -0.4 is 19.9 Å². The van der Waals surface area contributed by atoms with Gasteiger partial charge in [0.25, 0.3) is 0 Å². The van der Waals surface area contributed by atoms with E-state index in [-0.39, 0.29) is 42.9 Å². The Balaban J connectivity index is 1.43. The number of amides is 1. The zero-order valence-electron chi connectivity index (χ0n) is 21.1. The number of anilines is 2. The molecule has 2 saturated heterocycles. The first-order valence-electron chi connectivity index (χ1n) is 12.5. The first-order chi connectivity index (χ1) is 18.4. The number of methoxy groups -OCH3 is 1. The first kappa shape index (κ1) is 28.7. The summed E-state index contributed by atoms with van der Waals surface area (Å²) >= 11 is 0. The number of carbonyl (C=O) groups is 1. The van der Waals surface area contributed by atoms with Gasteiger partial charge in [-0.2, -0.15) is 26.3 Å². The molecule has 0 saturated carbocycles. The Morgan fingerprint density at radius 1 is 1.03 bits per heavy atom. The second kappa shape index (κ2) is 11.4. The van der Waals surface area contributed by atoms with Crippen molar-refractivity contribution in [3.63, 3.8) is 0 Å². The molecule has 0 unspecified atom stereocenters. The maximum atomic E-state index is 13.6. The lowest BCUT2D eigenvalue weighted by molar-refractivity contribution is -0.144. The molecule has 1 amide bonds. The van der Waals surface area contributed by atoms with Crippen molar-refractivity contribution in [2.75, 3.05) is 49.7 Å². The highest BCUT2D eigenvalue weighted by atomic mass is 19.4. The van der Waals surface area contributed by atoms with E-state index in [1.54, 1.807) is 4.90 Å². The van der Waals surface area contributed by atoms with E-state index in [4.69, 9.17) is 4.74 Å². The number of aliphatic hydroxyl groups excluding tert-OH is 1. The zero-order chi connectivity index (χ0) is 28.4. The van der Waals surface area contributed by atoms with Gasteiger partial charge in [0.1, 0.15) is 23.4 Å². The monoisotopic (exact) mass is 561 g/mol. The Morgan fingerprint density at radius 2 is 1.72 bits per heavy atom. The van der Waals surface area contributed by atoms with Crippen molar-refractivity contribution >= 4 is 17.5 Å². The number of carbonyl (C=O) groups excluding carboxylic acids is 1. The molecule has 214 valence electrons. The molecule has 1 aromatic carbocycles. The van der Waals surface area contributed by atoms with Gasteiger partial charge in [-0.3, -0.25) is 4.79 Å². The van der Waals surface area contributed by atoms with E-state index >= 15 is 0 Å². The Morgan fingerprint density at radius 3 is 2.28 bits per heavy atom. The third-order valence-electron chi connectivity index (χ3n) is 7.07. The van der Waals surface area contributed by atoms with Gasteiger partial charge in [-0.25, -0.2) is 9.97 Å². The lowest BCUT2D eigenvalue weighted by Gasteiger charge is -2.41. The molecule has 2 fully saturated rings. The molecule has 8 nitrogen and oxygen atoms in total. The van der Waals surface area contributed by atoms with E-state index in [1.165, 1.54) is 24.1 Å². The van der Waals surface area contributed by atoms with Crippen molar-refractivity contribution in [2.24, 2.45) is 5.92 Å². The minimum absolute atomic E-state index is 0.00702. The second-order valence-corrected chi connectivity index (χ2v) is 9.58. The standard InChI is InChI=1S/C25H29F6N5O3/c1-39-19-12-17(24(26,27)28)3-2-16(19)4-8-32-22(38)18-7-11-36(18)21-13-20(33-23(34-21)25(29,30)31)35-9-5-15(14-37)6-10-35/h2-3,12-13,15,18,37H,4-11,14H2,1H3,(H,32,38)/t18-/m0/s1. The summed E-state index contributed by atoms with van der Waals surface area (Å²) in [6.07, 6.45) is -7.46. The van der Waals surface area contributed by atoms with Crippen LogP contribution in [0.1, 0.15) is 36.2 Å². The van der Waals surface area contributed by atoms with Crippen molar-refractivity contribution in [1.29, 1.82) is 0 Å². The first-order valence-corrected chi connectivity index (χ1v) is 12.5. The number of aromatic nitrogens is 2. The summed E-state index contributed by atoms with van der Waals surface area (Å²) in [7, 11) is 1.25. The normalized spacial score (nSPS) is 18.6. The molecule has 39 heavy (non-hydrogen) atoms. The second-order valence-electron chi connectivity index (χ2n) is 9.58. The fourth-order valence-electron chi connectivity index (χ4n) is 4.70. The summed E-state index contributed by atoms with van der Waals surface area (Å²) in [4.78, 5) is 23.5. The average molecular weight is 562 g/mol. The van der Waals surface area contributed by atoms with Gasteiger partial charge in [0.2, 0.25) is 11.7 Å². The van der Waals surface area contributed by atoms with Crippen LogP contribution >= 0.6 is 0 Å². The van der Waals surface area contributed by atoms with E-state index in [9.17, 15) is 36.2 Å². The molecule has 0 aliphatic carbocycles. The summed E-state index contributed by atoms with van der Waals surface area (Å²) in [5, 5.41) is 12.0. The number of nitrogens with zero attached hydrogens (tertiary/aromatic N) is 4. The van der Waals surface area contributed by atoms with Crippen molar-refractivity contribution < 1.29 is 41.0 Å². The van der Waals surface area contributed by atoms with Crippen LogP contribution in [0.15, 0.2) is 24.3 Å². The number of piperidine rings is 1. The van der Waals surface area contributed by atoms with E-state index in [0.717, 1.165) is 12.1 Å². The molecule has 2 aliphatic rings. The molecule has 2 aliphatic heterocycles. The molecule has 1 aromatic heterocycles. The number of nitrogens with one attached hydrogen (secondary N) is 1. The molecule has 2 N–H and O–H groups in total. The Bertz CT molecular complexity index is 1170. The number of hydrogen-bond donors (Lipinski definition) is 2. The fourth-order valence-corrected chi connectivity index (χ4v) is 4.70. The predicted octanol–water partition coefficient (Wildman–Crippen LogP) is 3.67. The Hall–Kier alpha value is -3.29. The largest absolute Gasteiger partial charge is 0.496 e. The van der Waals surface area contributed by atoms with E-state index < -0.39 is 35.7 Å². The van der Waals surface area contributed by atoms with Crippen LogP contribution in [0.4, 0.5) is 38.0 Å². The Kier molecular flexibility index (Phi) is 8.42. The van der Waals surface area contributed by atoms with E-state index in [2.05, 4.69) is 15.3 Å². The van der Waals surface area contributed by atoms with Gasteiger partial charge >= 0.3 is 12.4 Å². The summed E-state index contributed by atoms with van der Waals surface area (Å²) in [5.74, 6) is -1.47. The number of benzene rings is 1. The van der Waals surface area contributed by atoms with Crippen molar-refractivity contribution in [3.8, 4) is 5.75 Å². The molecule has 0 radical (unpaired) electrons. The smallest absolute Gasteiger partial charge is 0.451 e. The molecule has 4 rings (SSSR count). The molecule has 1 atom stereocenters. The quantitative estimate of drug-likeness (QED) is 0.476. The maximum absolute atomic E-state index is 13.6. The highest BCUT2D eigenvalue weighted by Gasteiger charge is 2.40. The zero-order valence-corrected chi connectivity index (χ0v) is 21.1. The van der Waals surface area contributed by atoms with Gasteiger partial charge < -0.3 is 25.0 Å². The molecule has 3 heterocycles. The molecular weight excluding hydrogens is 532 g/mol. The van der Waals surface area contributed by atoms with Crippen LogP contribution in [0.5, 0.6) is 5.75 Å². The Labute approximate surface area is 221 Å². The summed E-state index contributed by atoms with van der Waals surface area (Å²) in [5.41, 5.74) is -0.381. The lowest BCUT2D eigenvalue weighted by Crippen LogP contribution is -2.57. The molecular formula is C25H29F6N5O3. The predicted molar refractivity (Wildman–Crippen MR) is 130 cm³/mol. The maximum Gasteiger partial charge on any atom is 0.451 e. The van der Waals surface area contributed by atoms with Crippen LogP contribution in [0.3, 0.4) is 0 Å². The topological polar surface area (TPSA) is 90.8 Å². The number of aliphatic hydroxyl groups is 1. The number of rotatable bonds is 8. The van der Waals surface area contributed by atoms with Gasteiger partial charge in [-0.15, -0.1) is 0 Å². The van der Waals surface area contributed by atoms with E-state index in [0.29, 0.717) is 44.5 Å². The minimum Gasteiger partial charge on any atom is -0.496 e. The number of hydrogen-bond acceptors (Lipinski definition) is 7. The van der Waals surface area contributed by atoms with Crippen molar-refractivity contribution in [3.05, 3.63) is 41.2 Å². The van der Waals surface area contributed by atoms with Crippen LogP contribution in [-0.2, 0) is 23.6 Å². The fraction of sp³-hybridized carbons (Fsp3) is 0.560. The van der Waals surface area contributed by atoms with Crippen LogP contribution in [-0.4, -0.2) is 66.9 Å². The van der Waals surface area contributed by atoms with Gasteiger partial charge in [0.15, 0.2) is 0 Å². The van der Waals surface area contributed by atoms with Gasteiger partial charge in [-0.05, 0) is 49.3 Å². The molecule has 14 heteroatoms. The molecule has 0 bridgehead atoms. The lowest BCUT2D eigenvalue weighted by atomic mass is 9.98. The van der Waals surface area contributed by atoms with Gasteiger partial charge in [0, 0.05) is 38.9 Å². The average Bonchev–Trinajstić information content (AvgIpc) is 2.87. The summed E-state index contributed by atoms with van der Waals surface area (Å²) < 4.78 is 84.7. The number of ether oxygens (including phenoxy) is 1. The molecule has 2 aromatic rings.